The number of nitrogens with one attached hydrogen (secondary N) is 2. The lowest BCUT2D eigenvalue weighted by molar-refractivity contribution is 0.0937. The van der Waals surface area contributed by atoms with Crippen LogP contribution in [0.5, 0.6) is 0 Å². The first-order valence-electron chi connectivity index (χ1n) is 5.52. The maximum Gasteiger partial charge on any atom is 0.292 e. The molecule has 0 radical (unpaired) electrons. The van der Waals surface area contributed by atoms with Crippen LogP contribution in [0.1, 0.15) is 43.2 Å². The summed E-state index contributed by atoms with van der Waals surface area (Å²) >= 11 is 0. The van der Waals surface area contributed by atoms with E-state index in [0.29, 0.717) is 24.5 Å². The number of hydrogen-bond acceptors (Lipinski definition) is 5. The lowest BCUT2D eigenvalue weighted by Crippen LogP contribution is -2.26. The fourth-order valence-electron chi connectivity index (χ4n) is 1.19. The van der Waals surface area contributed by atoms with Gasteiger partial charge in [-0.15, -0.1) is 0 Å². The second kappa shape index (κ2) is 4.61. The lowest BCUT2D eigenvalue weighted by Gasteiger charge is -2.02. The molecule has 0 unspecified atom stereocenters. The molecule has 0 aliphatic heterocycles. The number of aromatic nitrogens is 2. The predicted octanol–water partition coefficient (Wildman–Crippen LogP) is 0.460. The van der Waals surface area contributed by atoms with E-state index in [0.717, 1.165) is 12.8 Å². The summed E-state index contributed by atoms with van der Waals surface area (Å²) in [5.41, 5.74) is 0. The molecule has 6 nitrogen and oxygen atoms in total. The maximum absolute atomic E-state index is 11.5. The van der Waals surface area contributed by atoms with E-state index in [1.807, 2.05) is 13.8 Å². The summed E-state index contributed by atoms with van der Waals surface area (Å²) in [4.78, 5) is 15.5. The van der Waals surface area contributed by atoms with Gasteiger partial charge in [-0.3, -0.25) is 4.79 Å². The number of nitrogens with zero attached hydrogens (tertiary/aromatic N) is 2. The fraction of sp³-hybridized carbons (Fsp3) is 0.700. The minimum absolute atomic E-state index is 0.118. The molecule has 1 heterocycles. The third-order valence-corrected chi connectivity index (χ3v) is 2.25. The molecule has 1 saturated carbocycles. The van der Waals surface area contributed by atoms with Gasteiger partial charge in [0, 0.05) is 12.1 Å². The van der Waals surface area contributed by atoms with Crippen molar-refractivity contribution in [1.82, 2.24) is 20.8 Å². The summed E-state index contributed by atoms with van der Waals surface area (Å²) in [5.74, 6) is 0.309. The first kappa shape index (κ1) is 11.1. The highest BCUT2D eigenvalue weighted by molar-refractivity contribution is 5.90. The average Bonchev–Trinajstić information content (AvgIpc) is 2.92. The van der Waals surface area contributed by atoms with Crippen molar-refractivity contribution in [1.29, 1.82) is 0 Å². The van der Waals surface area contributed by atoms with Gasteiger partial charge in [0.1, 0.15) is 0 Å². The van der Waals surface area contributed by atoms with Gasteiger partial charge in [-0.25, -0.2) is 0 Å². The quantitative estimate of drug-likeness (QED) is 0.759. The molecule has 1 amide bonds. The molecule has 0 saturated heterocycles. The van der Waals surface area contributed by atoms with Gasteiger partial charge in [-0.05, 0) is 12.8 Å². The predicted molar refractivity (Wildman–Crippen MR) is 56.8 cm³/mol. The van der Waals surface area contributed by atoms with E-state index in [1.54, 1.807) is 0 Å². The Morgan fingerprint density at radius 3 is 2.94 bits per heavy atom. The summed E-state index contributed by atoms with van der Waals surface area (Å²) in [6.07, 6.45) is 2.09. The third kappa shape index (κ3) is 3.03. The van der Waals surface area contributed by atoms with Gasteiger partial charge in [-0.1, -0.05) is 19.0 Å². The van der Waals surface area contributed by atoms with Crippen LogP contribution in [0.25, 0.3) is 0 Å². The Morgan fingerprint density at radius 1 is 1.56 bits per heavy atom. The van der Waals surface area contributed by atoms with Crippen molar-refractivity contribution in [2.24, 2.45) is 0 Å². The van der Waals surface area contributed by atoms with Gasteiger partial charge in [0.15, 0.2) is 0 Å². The van der Waals surface area contributed by atoms with E-state index in [2.05, 4.69) is 20.8 Å². The van der Waals surface area contributed by atoms with E-state index in [-0.39, 0.29) is 11.7 Å². The van der Waals surface area contributed by atoms with Crippen LogP contribution in [0, 0.1) is 0 Å². The van der Waals surface area contributed by atoms with Gasteiger partial charge >= 0.3 is 0 Å². The van der Waals surface area contributed by atoms with Crippen molar-refractivity contribution >= 4 is 5.91 Å². The van der Waals surface area contributed by atoms with E-state index < -0.39 is 0 Å². The van der Waals surface area contributed by atoms with E-state index in [1.165, 1.54) is 0 Å². The minimum atomic E-state index is -0.248. The highest BCUT2D eigenvalue weighted by Crippen LogP contribution is 2.18. The Balaban J connectivity index is 1.87. The summed E-state index contributed by atoms with van der Waals surface area (Å²) in [6, 6.07) is 0.652. The standard InChI is InChI=1S/C10H16N4O2/c1-6(2)11-5-8-13-9(14-16-8)10(15)12-7-3-4-7/h6-7,11H,3-5H2,1-2H3,(H,12,15). The monoisotopic (exact) mass is 224 g/mol. The van der Waals surface area contributed by atoms with Gasteiger partial charge in [0.2, 0.25) is 5.89 Å². The number of carbonyl (C=O) groups is 1. The highest BCUT2D eigenvalue weighted by Gasteiger charge is 2.25. The zero-order valence-electron chi connectivity index (χ0n) is 9.49. The zero-order valence-corrected chi connectivity index (χ0v) is 9.49. The summed E-state index contributed by atoms with van der Waals surface area (Å²) in [5, 5.41) is 9.58. The van der Waals surface area contributed by atoms with Crippen molar-refractivity contribution in [3.8, 4) is 0 Å². The van der Waals surface area contributed by atoms with Crippen LogP contribution in [-0.4, -0.2) is 28.1 Å². The molecule has 16 heavy (non-hydrogen) atoms. The average molecular weight is 224 g/mol. The smallest absolute Gasteiger partial charge is 0.292 e. The molecule has 0 spiro atoms. The Kier molecular flexibility index (Phi) is 3.19. The van der Waals surface area contributed by atoms with Crippen LogP contribution in [0.3, 0.4) is 0 Å². The Labute approximate surface area is 93.8 Å². The Bertz CT molecular complexity index is 371. The number of rotatable bonds is 5. The topological polar surface area (TPSA) is 80.0 Å². The van der Waals surface area contributed by atoms with Crippen molar-refractivity contribution in [2.45, 2.75) is 45.3 Å². The largest absolute Gasteiger partial charge is 0.346 e. The Hall–Kier alpha value is -1.43. The second-order valence-electron chi connectivity index (χ2n) is 4.30. The highest BCUT2D eigenvalue weighted by atomic mass is 16.5. The number of amides is 1. The van der Waals surface area contributed by atoms with Crippen molar-refractivity contribution in [2.75, 3.05) is 0 Å². The van der Waals surface area contributed by atoms with E-state index in [4.69, 9.17) is 4.52 Å². The van der Waals surface area contributed by atoms with Crippen LogP contribution in [0.2, 0.25) is 0 Å². The van der Waals surface area contributed by atoms with Crippen LogP contribution in [-0.2, 0) is 6.54 Å². The molecule has 0 bridgehead atoms. The normalized spacial score (nSPS) is 15.4. The second-order valence-corrected chi connectivity index (χ2v) is 4.30. The van der Waals surface area contributed by atoms with Gasteiger partial charge < -0.3 is 15.2 Å². The molecule has 1 fully saturated rings. The van der Waals surface area contributed by atoms with Crippen LogP contribution >= 0.6 is 0 Å². The molecule has 1 aromatic heterocycles. The molecule has 1 aliphatic carbocycles. The summed E-state index contributed by atoms with van der Waals surface area (Å²) in [7, 11) is 0. The van der Waals surface area contributed by atoms with E-state index in [9.17, 15) is 4.79 Å². The summed E-state index contributed by atoms with van der Waals surface area (Å²) in [6.45, 7) is 4.54. The van der Waals surface area contributed by atoms with Crippen molar-refractivity contribution in [3.05, 3.63) is 11.7 Å². The van der Waals surface area contributed by atoms with Gasteiger partial charge in [0.25, 0.3) is 11.7 Å². The Morgan fingerprint density at radius 2 is 2.31 bits per heavy atom. The molecular weight excluding hydrogens is 208 g/mol. The molecule has 1 aliphatic rings. The molecule has 88 valence electrons. The van der Waals surface area contributed by atoms with Crippen LogP contribution in [0.15, 0.2) is 4.52 Å². The van der Waals surface area contributed by atoms with Crippen molar-refractivity contribution < 1.29 is 9.32 Å². The first-order chi connectivity index (χ1) is 7.65. The summed E-state index contributed by atoms with van der Waals surface area (Å²) < 4.78 is 4.95. The lowest BCUT2D eigenvalue weighted by atomic mass is 10.4. The SMILES string of the molecule is CC(C)NCc1nc(C(=O)NC2CC2)no1. The third-order valence-electron chi connectivity index (χ3n) is 2.25. The minimum Gasteiger partial charge on any atom is -0.346 e. The number of carbonyl (C=O) groups excluding carboxylic acids is 1. The molecule has 2 rings (SSSR count). The number of hydrogen-bond donors (Lipinski definition) is 2. The van der Waals surface area contributed by atoms with Gasteiger partial charge in [0.05, 0.1) is 6.54 Å². The molecule has 0 aromatic carbocycles. The zero-order chi connectivity index (χ0) is 11.5. The maximum atomic E-state index is 11.5. The van der Waals surface area contributed by atoms with Crippen LogP contribution in [0.4, 0.5) is 0 Å². The fourth-order valence-corrected chi connectivity index (χ4v) is 1.19. The molecule has 6 heteroatoms. The van der Waals surface area contributed by atoms with Crippen molar-refractivity contribution in [3.63, 3.8) is 0 Å². The van der Waals surface area contributed by atoms with Crippen LogP contribution < -0.4 is 10.6 Å². The van der Waals surface area contributed by atoms with Gasteiger partial charge in [-0.2, -0.15) is 4.98 Å². The molecular formula is C10H16N4O2. The molecule has 0 atom stereocenters. The first-order valence-corrected chi connectivity index (χ1v) is 5.52. The molecule has 1 aromatic rings. The molecule has 2 N–H and O–H groups in total. The van der Waals surface area contributed by atoms with E-state index >= 15 is 0 Å².